The molecule has 0 fully saturated rings. The number of aliphatic imine (C=N–C) groups is 1. The van der Waals surface area contributed by atoms with Gasteiger partial charge in [-0.05, 0) is 175 Å². The molecule has 7 aromatic rings. The van der Waals surface area contributed by atoms with Crippen molar-refractivity contribution in [2.24, 2.45) is 39.6 Å². The van der Waals surface area contributed by atoms with Crippen LogP contribution in [0.15, 0.2) is 159 Å². The van der Waals surface area contributed by atoms with E-state index in [-0.39, 0.29) is 23.9 Å². The van der Waals surface area contributed by atoms with Crippen molar-refractivity contribution in [3.63, 3.8) is 0 Å². The Morgan fingerprint density at radius 3 is 2.28 bits per heavy atom. The lowest BCUT2D eigenvalue weighted by atomic mass is 9.67. The third-order valence-electron chi connectivity index (χ3n) is 20.2. The van der Waals surface area contributed by atoms with Crippen LogP contribution in [0, 0.1) is 29.6 Å². The zero-order valence-corrected chi connectivity index (χ0v) is 45.0. The van der Waals surface area contributed by atoms with E-state index in [1.54, 1.807) is 5.57 Å². The Bertz CT molecular complexity index is 4320. The molecule has 0 spiro atoms. The Morgan fingerprint density at radius 1 is 0.679 bits per heavy atom. The Labute approximate surface area is 456 Å². The summed E-state index contributed by atoms with van der Waals surface area (Å²) in [4.78, 5) is 28.8. The van der Waals surface area contributed by atoms with Gasteiger partial charge in [0.15, 0.2) is 0 Å². The van der Waals surface area contributed by atoms with Crippen LogP contribution in [0.2, 0.25) is 0 Å². The summed E-state index contributed by atoms with van der Waals surface area (Å²) in [5, 5.41) is 8.52. The summed E-state index contributed by atoms with van der Waals surface area (Å²) in [6.45, 7) is 9.71. The first-order chi connectivity index (χ1) is 38.3. The molecule has 0 saturated carbocycles. The van der Waals surface area contributed by atoms with Crippen molar-refractivity contribution in [3.05, 3.63) is 205 Å². The second kappa shape index (κ2) is 16.8. The fourth-order valence-corrected chi connectivity index (χ4v) is 16.4. The molecule has 8 unspecified atom stereocenters. The lowest BCUT2D eigenvalue weighted by molar-refractivity contribution is 0.396. The number of rotatable bonds is 1. The highest BCUT2D eigenvalue weighted by molar-refractivity contribution is 6.24. The minimum absolute atomic E-state index is 0.0807. The molecular weight excluding hydrogens is 949 g/mol. The van der Waals surface area contributed by atoms with Gasteiger partial charge < -0.3 is 5.32 Å². The Hall–Kier alpha value is -7.83. The molecule has 22 bridgehead atoms. The van der Waals surface area contributed by atoms with Gasteiger partial charge in [0.1, 0.15) is 0 Å². The highest BCUT2D eigenvalue weighted by Crippen LogP contribution is 2.55. The zero-order valence-electron chi connectivity index (χ0n) is 45.0. The number of anilines is 1. The van der Waals surface area contributed by atoms with Gasteiger partial charge in [0.25, 0.3) is 0 Å². The van der Waals surface area contributed by atoms with Crippen LogP contribution in [-0.4, -0.2) is 32.7 Å². The maximum Gasteiger partial charge on any atom is 0.0995 e. The average Bonchev–Trinajstić information content (AvgIpc) is 3.76. The van der Waals surface area contributed by atoms with E-state index in [9.17, 15) is 0 Å². The van der Waals surface area contributed by atoms with Crippen molar-refractivity contribution in [1.82, 2.24) is 15.0 Å². The molecular formula is C72H62N6. The van der Waals surface area contributed by atoms with Crippen LogP contribution >= 0.6 is 0 Å². The number of nitrogens with one attached hydrogen (secondary N) is 1. The fourth-order valence-electron chi connectivity index (χ4n) is 16.4. The predicted octanol–water partition coefficient (Wildman–Crippen LogP) is 15.4. The maximum absolute atomic E-state index is 5.96. The van der Waals surface area contributed by atoms with Crippen LogP contribution in [0.25, 0.3) is 73.7 Å². The lowest BCUT2D eigenvalue weighted by Crippen LogP contribution is -2.40. The molecule has 8 atom stereocenters. The van der Waals surface area contributed by atoms with Crippen LogP contribution in [0.1, 0.15) is 123 Å². The third-order valence-corrected chi connectivity index (χ3v) is 20.2. The van der Waals surface area contributed by atoms with E-state index in [0.717, 1.165) is 117 Å². The molecule has 5 aliphatic heterocycles. The minimum atomic E-state index is -0.199. The van der Waals surface area contributed by atoms with E-state index in [0.29, 0.717) is 23.7 Å². The number of nitrogens with zero attached hydrogens (tertiary/aromatic N) is 5. The predicted molar refractivity (Wildman–Crippen MR) is 320 cm³/mol. The molecule has 380 valence electrons. The Kier molecular flexibility index (Phi) is 9.76. The highest BCUT2D eigenvalue weighted by Gasteiger charge is 2.44. The maximum atomic E-state index is 5.96. The zero-order chi connectivity index (χ0) is 51.7. The van der Waals surface area contributed by atoms with E-state index >= 15 is 0 Å². The number of allylic oxidation sites excluding steroid dienone is 9. The molecule has 11 aliphatic rings. The van der Waals surface area contributed by atoms with Crippen molar-refractivity contribution >= 4 is 68.3 Å². The summed E-state index contributed by atoms with van der Waals surface area (Å²) >= 11 is 0. The molecule has 0 amide bonds. The molecule has 6 nitrogen and oxygen atoms in total. The Balaban J connectivity index is 0.910. The van der Waals surface area contributed by atoms with Crippen molar-refractivity contribution in [2.75, 3.05) is 5.32 Å². The summed E-state index contributed by atoms with van der Waals surface area (Å²) in [6, 6.07) is 34.2. The van der Waals surface area contributed by atoms with Gasteiger partial charge in [0, 0.05) is 44.9 Å². The average molecular weight is 1010 g/mol. The van der Waals surface area contributed by atoms with E-state index in [1.165, 1.54) is 91.3 Å². The van der Waals surface area contributed by atoms with Crippen molar-refractivity contribution in [3.8, 4) is 22.5 Å². The summed E-state index contributed by atoms with van der Waals surface area (Å²) in [5.41, 5.74) is 29.3. The molecule has 6 aliphatic carbocycles. The van der Waals surface area contributed by atoms with Gasteiger partial charge in [0.05, 0.1) is 68.3 Å². The van der Waals surface area contributed by atoms with E-state index in [1.807, 2.05) is 0 Å². The smallest absolute Gasteiger partial charge is 0.0995 e. The van der Waals surface area contributed by atoms with Gasteiger partial charge in [-0.2, -0.15) is 0 Å². The second-order valence-corrected chi connectivity index (χ2v) is 24.5. The standard InChI is InChI=1S/C72H62N6/c1-5-48-52-22-23-56-64(48)66-57(24-28-61(74-66)54-16-8-12-43-31-40(30-39(4)63(43)54)32-45-33-41-10-6-14-51(52)49(41)20-18-37(45)2)70-67(56)77-71-59-26-29-62-55-17-9-13-44-35-47(73-65(44)55)36-46-34-42-11-7-15-53(50(42)21-19-38(46)3)60-27-25-58(72(71)78-70)68(75-60)69(59)76-62/h6-17,22-29,33-35,37-38,40,43,47-48,52,67,77H,5,18-21,30-32,36H2,1-4H3. The number of benzene rings is 4. The first-order valence-corrected chi connectivity index (χ1v) is 29.3. The van der Waals surface area contributed by atoms with Gasteiger partial charge in [-0.1, -0.05) is 141 Å². The largest absolute Gasteiger partial charge is 0.370 e. The summed E-state index contributed by atoms with van der Waals surface area (Å²) in [6.07, 6.45) is 29.4. The molecule has 78 heavy (non-hydrogen) atoms. The Morgan fingerprint density at radius 2 is 1.42 bits per heavy atom. The van der Waals surface area contributed by atoms with Gasteiger partial charge in [-0.15, -0.1) is 0 Å². The molecule has 0 radical (unpaired) electrons. The molecule has 18 rings (SSSR count). The number of hydrogen-bond donors (Lipinski definition) is 1. The van der Waals surface area contributed by atoms with E-state index in [2.05, 4.69) is 173 Å². The molecule has 1 N–H and O–H groups in total. The minimum Gasteiger partial charge on any atom is -0.370 e. The van der Waals surface area contributed by atoms with Crippen LogP contribution in [0.3, 0.4) is 0 Å². The first kappa shape index (κ1) is 45.2. The number of para-hydroxylation sites is 1. The summed E-state index contributed by atoms with van der Waals surface area (Å²) in [5.74, 6) is 2.43. The van der Waals surface area contributed by atoms with E-state index in [4.69, 9.17) is 24.9 Å². The lowest BCUT2D eigenvalue weighted by Gasteiger charge is -2.41. The van der Waals surface area contributed by atoms with Crippen LogP contribution in [0.4, 0.5) is 11.4 Å². The molecule has 8 heterocycles. The van der Waals surface area contributed by atoms with E-state index < -0.39 is 0 Å². The third kappa shape index (κ3) is 6.58. The number of hydrogen-bond acceptors (Lipinski definition) is 6. The fraction of sp³-hybridized carbons (Fsp3) is 0.292. The van der Waals surface area contributed by atoms with Gasteiger partial charge in [-0.3, -0.25) is 4.99 Å². The van der Waals surface area contributed by atoms with Gasteiger partial charge in [0.2, 0.25) is 0 Å². The SMILES string of the molecule is CCC1C2=C3C=CC1c1cccc4c1CCC(C)C(=C4)CC1CC(C)=C4C(=CC=CC4C1)c1ccc(c2n1)C1=Nc2c(c4ccc5nc4c4nc(ccc24)-c2cccc4c2CCC(C)C(=C4)CC2C=c4cccc-5c4=N2)NC13. The summed E-state index contributed by atoms with van der Waals surface area (Å²) < 4.78 is 0. The summed E-state index contributed by atoms with van der Waals surface area (Å²) in [7, 11) is 0. The van der Waals surface area contributed by atoms with Gasteiger partial charge in [-0.25, -0.2) is 19.9 Å². The topological polar surface area (TPSA) is 75.4 Å². The van der Waals surface area contributed by atoms with Crippen molar-refractivity contribution in [1.29, 1.82) is 0 Å². The number of aromatic nitrogens is 3. The van der Waals surface area contributed by atoms with Crippen molar-refractivity contribution < 1.29 is 0 Å². The van der Waals surface area contributed by atoms with Gasteiger partial charge >= 0.3 is 0 Å². The highest BCUT2D eigenvalue weighted by atomic mass is 15.0. The van der Waals surface area contributed by atoms with Crippen LogP contribution in [0.5, 0.6) is 0 Å². The second-order valence-electron chi connectivity index (χ2n) is 24.5. The molecule has 6 heteroatoms. The molecule has 4 aromatic carbocycles. The van der Waals surface area contributed by atoms with Crippen LogP contribution in [-0.2, 0) is 12.8 Å². The number of pyridine rings is 3. The van der Waals surface area contributed by atoms with Crippen LogP contribution < -0.4 is 15.9 Å². The first-order valence-electron chi connectivity index (χ1n) is 29.3. The quantitative estimate of drug-likeness (QED) is 0.166. The molecule has 3 aromatic heterocycles. The monoisotopic (exact) mass is 1010 g/mol. The number of fused-ring (bicyclic) bond motifs is 12. The van der Waals surface area contributed by atoms with Crippen molar-refractivity contribution in [2.45, 2.75) is 103 Å². The normalized spacial score (nSPS) is 26.3. The molecule has 0 saturated heterocycles.